The first-order valence-electron chi connectivity index (χ1n) is 2.99. The Hall–Kier alpha value is -0.650. The predicted molar refractivity (Wildman–Crippen MR) is 49.5 cm³/mol. The molecular formula is C8H6ClNS. The highest BCUT2D eigenvalue weighted by Gasteiger charge is 1.99. The number of halogens is 1. The lowest BCUT2D eigenvalue weighted by molar-refractivity contribution is 1.49. The predicted octanol–water partition coefficient (Wildman–Crippen LogP) is 3.61. The van der Waals surface area contributed by atoms with E-state index in [0.717, 1.165) is 4.90 Å². The summed E-state index contributed by atoms with van der Waals surface area (Å²) in [5.41, 5.74) is 0.668. The first kappa shape index (κ1) is 8.45. The molecule has 0 aromatic heterocycles. The minimum Gasteiger partial charge on any atom is -0.237 e. The molecule has 0 saturated carbocycles. The minimum atomic E-state index is 0.668. The van der Waals surface area contributed by atoms with Crippen molar-refractivity contribution in [2.45, 2.75) is 4.90 Å². The second kappa shape index (κ2) is 3.66. The van der Waals surface area contributed by atoms with Gasteiger partial charge in [-0.15, -0.1) is 11.8 Å². The molecule has 0 radical (unpaired) electrons. The molecule has 0 amide bonds. The molecule has 3 heteroatoms. The third-order valence-electron chi connectivity index (χ3n) is 1.26. The number of hydrogen-bond acceptors (Lipinski definition) is 1. The molecule has 0 fully saturated rings. The fourth-order valence-corrected chi connectivity index (χ4v) is 1.55. The smallest absolute Gasteiger partial charge is 0.200 e. The van der Waals surface area contributed by atoms with E-state index in [2.05, 4.69) is 4.85 Å². The van der Waals surface area contributed by atoms with Crippen molar-refractivity contribution in [2.24, 2.45) is 0 Å². The highest BCUT2D eigenvalue weighted by molar-refractivity contribution is 7.98. The van der Waals surface area contributed by atoms with Crippen LogP contribution in [-0.2, 0) is 0 Å². The number of rotatable bonds is 1. The molecule has 0 unspecified atom stereocenters. The monoisotopic (exact) mass is 183 g/mol. The van der Waals surface area contributed by atoms with Crippen LogP contribution in [0.5, 0.6) is 0 Å². The molecule has 1 nitrogen and oxygen atoms in total. The van der Waals surface area contributed by atoms with E-state index in [1.165, 1.54) is 11.8 Å². The van der Waals surface area contributed by atoms with Gasteiger partial charge in [0.05, 0.1) is 6.57 Å². The number of thioether (sulfide) groups is 1. The fraction of sp³-hybridized carbons (Fsp3) is 0.125. The van der Waals surface area contributed by atoms with Crippen LogP contribution in [0.3, 0.4) is 0 Å². The third kappa shape index (κ3) is 1.89. The van der Waals surface area contributed by atoms with Crippen LogP contribution in [-0.4, -0.2) is 6.26 Å². The van der Waals surface area contributed by atoms with Crippen molar-refractivity contribution in [1.82, 2.24) is 0 Å². The molecule has 1 rings (SSSR count). The van der Waals surface area contributed by atoms with Gasteiger partial charge in [-0.05, 0) is 12.3 Å². The lowest BCUT2D eigenvalue weighted by Crippen LogP contribution is -1.70. The van der Waals surface area contributed by atoms with E-state index in [9.17, 15) is 0 Å². The summed E-state index contributed by atoms with van der Waals surface area (Å²) in [7, 11) is 0. The molecule has 11 heavy (non-hydrogen) atoms. The van der Waals surface area contributed by atoms with E-state index in [-0.39, 0.29) is 0 Å². The summed E-state index contributed by atoms with van der Waals surface area (Å²) in [5.74, 6) is 0. The van der Waals surface area contributed by atoms with Crippen LogP contribution >= 0.6 is 23.4 Å². The maximum absolute atomic E-state index is 6.83. The number of nitrogens with zero attached hydrogens (tertiary/aromatic N) is 1. The van der Waals surface area contributed by atoms with Gasteiger partial charge in [-0.1, -0.05) is 23.7 Å². The van der Waals surface area contributed by atoms with Gasteiger partial charge in [0.1, 0.15) is 0 Å². The summed E-state index contributed by atoms with van der Waals surface area (Å²) >= 11 is 7.27. The van der Waals surface area contributed by atoms with Crippen molar-refractivity contribution in [1.29, 1.82) is 0 Å². The molecule has 0 aliphatic carbocycles. The van der Waals surface area contributed by atoms with Gasteiger partial charge >= 0.3 is 0 Å². The lowest BCUT2D eigenvalue weighted by Gasteiger charge is -1.98. The molecule has 0 atom stereocenters. The summed E-state index contributed by atoms with van der Waals surface area (Å²) in [6, 6.07) is 5.27. The van der Waals surface area contributed by atoms with Crippen LogP contribution < -0.4 is 0 Å². The second-order valence-electron chi connectivity index (χ2n) is 1.93. The highest BCUT2D eigenvalue weighted by atomic mass is 35.5. The van der Waals surface area contributed by atoms with Crippen LogP contribution in [0.25, 0.3) is 4.85 Å². The second-order valence-corrected chi connectivity index (χ2v) is 3.21. The Labute approximate surface area is 75.2 Å². The van der Waals surface area contributed by atoms with E-state index < -0.39 is 0 Å². The summed E-state index contributed by atoms with van der Waals surface area (Å²) in [6.07, 6.45) is 1.93. The van der Waals surface area contributed by atoms with Gasteiger partial charge < -0.3 is 0 Å². The lowest BCUT2D eigenvalue weighted by atomic mass is 10.3. The normalized spacial score (nSPS) is 9.18. The maximum Gasteiger partial charge on any atom is 0.200 e. The average Bonchev–Trinajstić information content (AvgIpc) is 2.04. The zero-order valence-electron chi connectivity index (χ0n) is 5.97. The molecule has 56 valence electrons. The first-order valence-corrected chi connectivity index (χ1v) is 4.59. The van der Waals surface area contributed by atoms with E-state index in [1.54, 1.807) is 18.2 Å². The summed E-state index contributed by atoms with van der Waals surface area (Å²) in [4.78, 5) is 4.29. The quantitative estimate of drug-likeness (QED) is 0.476. The van der Waals surface area contributed by atoms with Crippen molar-refractivity contribution >= 4 is 29.1 Å². The van der Waals surface area contributed by atoms with Crippen molar-refractivity contribution in [3.8, 4) is 0 Å². The Morgan fingerprint density at radius 2 is 2.27 bits per heavy atom. The van der Waals surface area contributed by atoms with E-state index >= 15 is 0 Å². The topological polar surface area (TPSA) is 4.36 Å². The Bertz CT molecular complexity index is 303. The van der Waals surface area contributed by atoms with Gasteiger partial charge in [0.15, 0.2) is 0 Å². The molecule has 0 heterocycles. The zero-order chi connectivity index (χ0) is 8.27. The zero-order valence-corrected chi connectivity index (χ0v) is 7.54. The van der Waals surface area contributed by atoms with Crippen LogP contribution in [0.1, 0.15) is 0 Å². The van der Waals surface area contributed by atoms with Crippen LogP contribution in [0, 0.1) is 6.57 Å². The molecule has 0 aliphatic rings. The third-order valence-corrected chi connectivity index (χ3v) is 2.26. The van der Waals surface area contributed by atoms with Crippen molar-refractivity contribution in [2.75, 3.05) is 6.26 Å². The van der Waals surface area contributed by atoms with Crippen LogP contribution in [0.2, 0.25) is 5.02 Å². The van der Waals surface area contributed by atoms with Crippen molar-refractivity contribution in [3.05, 3.63) is 34.6 Å². The Morgan fingerprint density at radius 3 is 2.82 bits per heavy atom. The first-order chi connectivity index (χ1) is 5.27. The molecule has 0 saturated heterocycles. The molecule has 0 bridgehead atoms. The van der Waals surface area contributed by atoms with Gasteiger partial charge in [-0.2, -0.15) is 0 Å². The van der Waals surface area contributed by atoms with Crippen LogP contribution in [0.15, 0.2) is 23.1 Å². The molecule has 1 aromatic rings. The van der Waals surface area contributed by atoms with Gasteiger partial charge in [0, 0.05) is 9.92 Å². The molecule has 0 aliphatic heterocycles. The van der Waals surface area contributed by atoms with Crippen LogP contribution in [0.4, 0.5) is 5.69 Å². The standard InChI is InChI=1S/C8H6ClNS/c1-10-7-4-3-6(9)5-8(7)11-2/h3-5H,2H3. The van der Waals surface area contributed by atoms with E-state index in [0.29, 0.717) is 10.7 Å². The average molecular weight is 184 g/mol. The van der Waals surface area contributed by atoms with Gasteiger partial charge in [-0.3, -0.25) is 0 Å². The minimum absolute atomic E-state index is 0.668. The molecule has 1 aromatic carbocycles. The van der Waals surface area contributed by atoms with Gasteiger partial charge in [-0.25, -0.2) is 4.85 Å². The summed E-state index contributed by atoms with van der Waals surface area (Å²) in [6.45, 7) is 6.83. The molecule has 0 N–H and O–H groups in total. The number of benzene rings is 1. The Morgan fingerprint density at radius 1 is 1.55 bits per heavy atom. The van der Waals surface area contributed by atoms with Crippen molar-refractivity contribution in [3.63, 3.8) is 0 Å². The largest absolute Gasteiger partial charge is 0.237 e. The van der Waals surface area contributed by atoms with Gasteiger partial charge in [0.2, 0.25) is 5.69 Å². The van der Waals surface area contributed by atoms with E-state index in [1.807, 2.05) is 6.26 Å². The van der Waals surface area contributed by atoms with Crippen molar-refractivity contribution < 1.29 is 0 Å². The highest BCUT2D eigenvalue weighted by Crippen LogP contribution is 2.30. The Balaban J connectivity index is 3.19. The molecular weight excluding hydrogens is 178 g/mol. The summed E-state index contributed by atoms with van der Waals surface area (Å²) < 4.78 is 0. The number of hydrogen-bond donors (Lipinski definition) is 0. The fourth-order valence-electron chi connectivity index (χ4n) is 0.744. The maximum atomic E-state index is 6.83. The molecule has 0 spiro atoms. The summed E-state index contributed by atoms with van der Waals surface area (Å²) in [5, 5.41) is 0.682. The van der Waals surface area contributed by atoms with E-state index in [4.69, 9.17) is 18.2 Å². The SMILES string of the molecule is [C-]#[N+]c1ccc(Cl)cc1SC. The Kier molecular flexibility index (Phi) is 2.81. The van der Waals surface area contributed by atoms with Gasteiger partial charge in [0.25, 0.3) is 0 Å².